The summed E-state index contributed by atoms with van der Waals surface area (Å²) >= 11 is 0.988. The van der Waals surface area contributed by atoms with Gasteiger partial charge in [-0.15, -0.1) is 0 Å². The summed E-state index contributed by atoms with van der Waals surface area (Å²) in [6, 6.07) is 10.2. The van der Waals surface area contributed by atoms with Gasteiger partial charge in [0.05, 0.1) is 24.2 Å². The molecular weight excluding hydrogens is 376 g/mol. The van der Waals surface area contributed by atoms with E-state index in [0.717, 1.165) is 11.3 Å². The predicted molar refractivity (Wildman–Crippen MR) is 108 cm³/mol. The highest BCUT2D eigenvalue weighted by Gasteiger charge is 2.19. The maximum Gasteiger partial charge on any atom is 0.390 e. The zero-order valence-corrected chi connectivity index (χ0v) is 16.6. The molecule has 0 aliphatic rings. The van der Waals surface area contributed by atoms with Crippen LogP contribution in [-0.2, 0) is 5.41 Å². The van der Waals surface area contributed by atoms with Gasteiger partial charge in [-0.3, -0.25) is 4.79 Å². The van der Waals surface area contributed by atoms with Crippen LogP contribution in [0.25, 0.3) is 5.82 Å². The van der Waals surface area contributed by atoms with Gasteiger partial charge >= 0.3 is 10.7 Å². The van der Waals surface area contributed by atoms with E-state index in [-0.39, 0.29) is 21.6 Å². The first kappa shape index (κ1) is 19.5. The summed E-state index contributed by atoms with van der Waals surface area (Å²) in [4.78, 5) is 27.1. The van der Waals surface area contributed by atoms with Gasteiger partial charge in [-0.25, -0.2) is 14.8 Å². The topological polar surface area (TPSA) is 98.4 Å². The fourth-order valence-corrected chi connectivity index (χ4v) is 3.27. The Morgan fingerprint density at radius 1 is 1.21 bits per heavy atom. The summed E-state index contributed by atoms with van der Waals surface area (Å²) in [5, 5.41) is 13.6. The van der Waals surface area contributed by atoms with E-state index >= 15 is 0 Å². The lowest BCUT2D eigenvalue weighted by Gasteiger charge is -2.18. The van der Waals surface area contributed by atoms with Crippen molar-refractivity contribution < 1.29 is 14.5 Å². The van der Waals surface area contributed by atoms with Crippen LogP contribution < -0.4 is 14.9 Å². The number of aromatic amines is 1. The number of carbonyl (C=O) groups excluding carboxylic acids is 1. The van der Waals surface area contributed by atoms with Gasteiger partial charge in [-0.1, -0.05) is 32.9 Å². The molecule has 0 atom stereocenters. The van der Waals surface area contributed by atoms with Crippen molar-refractivity contribution in [2.45, 2.75) is 26.2 Å². The van der Waals surface area contributed by atoms with Crippen molar-refractivity contribution >= 4 is 23.5 Å². The molecule has 0 aliphatic heterocycles. The Labute approximate surface area is 166 Å². The number of hydrogen-bond acceptors (Lipinski definition) is 5. The number of carbonyl (C=O) groups is 1. The summed E-state index contributed by atoms with van der Waals surface area (Å²) in [7, 11) is 0. The number of aromatic nitrogens is 2. The Morgan fingerprint density at radius 3 is 2.54 bits per heavy atom. The highest BCUT2D eigenvalue weighted by atomic mass is 32.1. The molecule has 0 spiro atoms. The summed E-state index contributed by atoms with van der Waals surface area (Å²) in [6.45, 7) is 6.39. The van der Waals surface area contributed by atoms with Gasteiger partial charge < -0.3 is 5.11 Å². The lowest BCUT2D eigenvalue weighted by atomic mass is 9.88. The van der Waals surface area contributed by atoms with E-state index in [1.165, 1.54) is 23.9 Å². The third-order valence-corrected chi connectivity index (χ3v) is 4.91. The first-order chi connectivity index (χ1) is 13.3. The molecule has 7 nitrogen and oxygen atoms in total. The van der Waals surface area contributed by atoms with Crippen molar-refractivity contribution in [3.8, 4) is 11.6 Å². The molecule has 3 N–H and O–H groups in total. The fourth-order valence-electron chi connectivity index (χ4n) is 2.56. The molecule has 1 amide bonds. The Hall–Kier alpha value is -3.26. The summed E-state index contributed by atoms with van der Waals surface area (Å²) in [6.07, 6.45) is 5.15. The number of hydrazone groups is 1. The van der Waals surface area contributed by atoms with Crippen LogP contribution in [0.15, 0.2) is 58.7 Å². The third kappa shape index (κ3) is 4.34. The molecule has 144 valence electrons. The summed E-state index contributed by atoms with van der Waals surface area (Å²) < 4.78 is 1.79. The fraction of sp³-hybridized carbons (Fsp3) is 0.200. The predicted octanol–water partition coefficient (Wildman–Crippen LogP) is 2.48. The molecule has 3 aromatic rings. The van der Waals surface area contributed by atoms with E-state index in [4.69, 9.17) is 0 Å². The molecule has 2 heterocycles. The maximum atomic E-state index is 12.1. The molecule has 0 aliphatic carbocycles. The molecule has 0 unspecified atom stereocenters. The van der Waals surface area contributed by atoms with E-state index in [1.54, 1.807) is 16.7 Å². The van der Waals surface area contributed by atoms with Gasteiger partial charge in [0.2, 0.25) is 0 Å². The number of benzene rings is 1. The first-order valence-corrected chi connectivity index (χ1v) is 9.44. The number of phenolic OH excluding ortho intramolecular Hbond substituents is 1. The summed E-state index contributed by atoms with van der Waals surface area (Å²) in [5.74, 6) is -0.103. The lowest BCUT2D eigenvalue weighted by molar-refractivity contribution is -0.599. The zero-order valence-electron chi connectivity index (χ0n) is 15.8. The zero-order chi connectivity index (χ0) is 20.3. The standard InChI is InChI=1S/C20H20N4O3S/c1-20(2,3)13-8-10-24(11-9-13)17-16(28-19(27)22-17)12-21-23-18(26)14-6-4-5-7-15(14)25/h4-12H,1-3H3,(H2-,21,22,23,25,26,27)/p+1. The molecule has 3 rings (SSSR count). The van der Waals surface area contributed by atoms with E-state index in [2.05, 4.69) is 36.3 Å². The van der Waals surface area contributed by atoms with Crippen molar-refractivity contribution in [1.29, 1.82) is 0 Å². The number of para-hydroxylation sites is 1. The van der Waals surface area contributed by atoms with Crippen LogP contribution in [0.5, 0.6) is 5.75 Å². The van der Waals surface area contributed by atoms with Gasteiger partial charge in [0, 0.05) is 0 Å². The number of phenols is 1. The SMILES string of the molecule is CC(C)(C)c1cc[n+](-c2[nH]c(=O)sc2/C=N/NC(=O)c2ccccc2O)cc1. The van der Waals surface area contributed by atoms with E-state index in [0.29, 0.717) is 10.7 Å². The number of nitrogens with one attached hydrogen (secondary N) is 2. The molecule has 8 heteroatoms. The lowest BCUT2D eigenvalue weighted by Crippen LogP contribution is -2.32. The second-order valence-electron chi connectivity index (χ2n) is 7.19. The quantitative estimate of drug-likeness (QED) is 0.358. The molecular formula is C20H21N4O3S+. The van der Waals surface area contributed by atoms with Gasteiger partial charge in [0.15, 0.2) is 0 Å². The van der Waals surface area contributed by atoms with E-state index < -0.39 is 5.91 Å². The second kappa shape index (κ2) is 7.77. The number of pyridine rings is 1. The summed E-state index contributed by atoms with van der Waals surface area (Å²) in [5.41, 5.74) is 3.68. The van der Waals surface area contributed by atoms with E-state index in [9.17, 15) is 14.7 Å². The normalized spacial score (nSPS) is 11.7. The number of thiazole rings is 1. The molecule has 28 heavy (non-hydrogen) atoms. The Balaban J connectivity index is 1.81. The largest absolute Gasteiger partial charge is 0.507 e. The molecule has 0 radical (unpaired) electrons. The van der Waals surface area contributed by atoms with Crippen LogP contribution in [0.4, 0.5) is 0 Å². The number of rotatable bonds is 4. The minimum Gasteiger partial charge on any atom is -0.507 e. The number of hydrogen-bond donors (Lipinski definition) is 3. The highest BCUT2D eigenvalue weighted by Crippen LogP contribution is 2.20. The Bertz CT molecular complexity index is 1080. The van der Waals surface area contributed by atoms with E-state index in [1.807, 2.05) is 24.5 Å². The number of H-pyrrole nitrogens is 1. The minimum absolute atomic E-state index is 0.0265. The Morgan fingerprint density at radius 2 is 1.89 bits per heavy atom. The minimum atomic E-state index is -0.541. The van der Waals surface area contributed by atoms with Gasteiger partial charge in [-0.2, -0.15) is 10.1 Å². The molecule has 0 saturated carbocycles. The number of aromatic hydroxyl groups is 1. The molecule has 0 saturated heterocycles. The van der Waals surface area contributed by atoms with Crippen molar-refractivity contribution in [2.75, 3.05) is 0 Å². The average Bonchev–Trinajstić information content (AvgIpc) is 3.02. The first-order valence-electron chi connectivity index (χ1n) is 8.62. The third-order valence-electron chi connectivity index (χ3n) is 4.11. The molecule has 2 aromatic heterocycles. The van der Waals surface area contributed by atoms with Gasteiger partial charge in [0.25, 0.3) is 5.91 Å². The number of nitrogens with zero attached hydrogens (tertiary/aromatic N) is 2. The highest BCUT2D eigenvalue weighted by molar-refractivity contribution is 7.11. The van der Waals surface area contributed by atoms with Crippen LogP contribution in [0.2, 0.25) is 0 Å². The Kier molecular flexibility index (Phi) is 5.41. The van der Waals surface area contributed by atoms with Crippen molar-refractivity contribution in [3.05, 3.63) is 74.5 Å². The van der Waals surface area contributed by atoms with Crippen LogP contribution in [0.1, 0.15) is 41.6 Å². The smallest absolute Gasteiger partial charge is 0.390 e. The number of amides is 1. The van der Waals surface area contributed by atoms with Crippen molar-refractivity contribution in [1.82, 2.24) is 10.4 Å². The van der Waals surface area contributed by atoms with Gasteiger partial charge in [0.1, 0.15) is 10.6 Å². The monoisotopic (exact) mass is 397 g/mol. The molecule has 0 bridgehead atoms. The van der Waals surface area contributed by atoms with Crippen LogP contribution in [0.3, 0.4) is 0 Å². The van der Waals surface area contributed by atoms with Crippen molar-refractivity contribution in [3.63, 3.8) is 0 Å². The van der Waals surface area contributed by atoms with Crippen LogP contribution in [-0.4, -0.2) is 22.2 Å². The molecule has 0 fully saturated rings. The van der Waals surface area contributed by atoms with Crippen LogP contribution in [0, 0.1) is 0 Å². The van der Waals surface area contributed by atoms with Gasteiger partial charge in [-0.05, 0) is 46.6 Å². The van der Waals surface area contributed by atoms with Crippen molar-refractivity contribution in [2.24, 2.45) is 5.10 Å². The van der Waals surface area contributed by atoms with Crippen LogP contribution >= 0.6 is 11.3 Å². The molecule has 1 aromatic carbocycles. The average molecular weight is 397 g/mol. The maximum absolute atomic E-state index is 12.1. The second-order valence-corrected chi connectivity index (χ2v) is 8.20.